The lowest BCUT2D eigenvalue weighted by atomic mass is 10.2. The number of hydrogen-bond acceptors (Lipinski definition) is 5. The van der Waals surface area contributed by atoms with Crippen LogP contribution in [0.4, 0.5) is 15.8 Å². The first-order valence-corrected chi connectivity index (χ1v) is 8.21. The Bertz CT molecular complexity index is 901. The average molecular weight is 387 g/mol. The van der Waals surface area contributed by atoms with Crippen LogP contribution in [0.3, 0.4) is 0 Å². The number of rotatable bonds is 7. The maximum absolute atomic E-state index is 13.5. The maximum Gasteiger partial charge on any atom is 0.325 e. The van der Waals surface area contributed by atoms with Crippen LogP contribution in [-0.4, -0.2) is 36.8 Å². The van der Waals surface area contributed by atoms with Crippen molar-refractivity contribution in [1.82, 2.24) is 5.32 Å². The minimum Gasteiger partial charge on any atom is -0.454 e. The fourth-order valence-electron chi connectivity index (χ4n) is 2.17. The van der Waals surface area contributed by atoms with Crippen molar-refractivity contribution in [3.05, 3.63) is 59.9 Å². The Labute approximate surface area is 160 Å². The highest BCUT2D eigenvalue weighted by Gasteiger charge is 2.13. The van der Waals surface area contributed by atoms with E-state index in [4.69, 9.17) is 4.74 Å². The average Bonchev–Trinajstić information content (AvgIpc) is 2.64. The number of esters is 1. The van der Waals surface area contributed by atoms with E-state index in [2.05, 4.69) is 16.0 Å². The molecule has 0 unspecified atom stereocenters. The van der Waals surface area contributed by atoms with E-state index in [0.29, 0.717) is 11.4 Å². The Balaban J connectivity index is 1.76. The van der Waals surface area contributed by atoms with Gasteiger partial charge < -0.3 is 20.7 Å². The summed E-state index contributed by atoms with van der Waals surface area (Å²) in [4.78, 5) is 46.3. The van der Waals surface area contributed by atoms with E-state index in [1.807, 2.05) is 0 Å². The first-order chi connectivity index (χ1) is 13.3. The van der Waals surface area contributed by atoms with Gasteiger partial charge >= 0.3 is 5.97 Å². The predicted octanol–water partition coefficient (Wildman–Crippen LogP) is 1.70. The second-order valence-corrected chi connectivity index (χ2v) is 5.63. The number of halogens is 1. The van der Waals surface area contributed by atoms with Crippen molar-refractivity contribution in [1.29, 1.82) is 0 Å². The highest BCUT2D eigenvalue weighted by atomic mass is 19.1. The molecule has 2 aromatic rings. The molecule has 0 fully saturated rings. The van der Waals surface area contributed by atoms with Gasteiger partial charge in [-0.25, -0.2) is 4.39 Å². The van der Waals surface area contributed by atoms with E-state index >= 15 is 0 Å². The van der Waals surface area contributed by atoms with Gasteiger partial charge in [0, 0.05) is 18.3 Å². The SMILES string of the molecule is CC(=O)Nc1cccc(NC(=O)COC(=O)CNC(=O)c2ccccc2F)c1. The first-order valence-electron chi connectivity index (χ1n) is 8.21. The second kappa shape index (κ2) is 9.81. The highest BCUT2D eigenvalue weighted by Crippen LogP contribution is 2.14. The van der Waals surface area contributed by atoms with Crippen LogP contribution in [0.25, 0.3) is 0 Å². The first kappa shape index (κ1) is 20.6. The summed E-state index contributed by atoms with van der Waals surface area (Å²) >= 11 is 0. The lowest BCUT2D eigenvalue weighted by Gasteiger charge is -2.09. The molecule has 0 bridgehead atoms. The second-order valence-electron chi connectivity index (χ2n) is 5.63. The van der Waals surface area contributed by atoms with Gasteiger partial charge in [-0.3, -0.25) is 19.2 Å². The van der Waals surface area contributed by atoms with Crippen LogP contribution in [0.5, 0.6) is 0 Å². The molecule has 0 radical (unpaired) electrons. The summed E-state index contributed by atoms with van der Waals surface area (Å²) in [5.41, 5.74) is 0.699. The number of carbonyl (C=O) groups is 4. The van der Waals surface area contributed by atoms with Gasteiger partial charge in [-0.05, 0) is 30.3 Å². The van der Waals surface area contributed by atoms with Gasteiger partial charge in [0.1, 0.15) is 12.4 Å². The number of amides is 3. The van der Waals surface area contributed by atoms with Gasteiger partial charge in [-0.15, -0.1) is 0 Å². The summed E-state index contributed by atoms with van der Waals surface area (Å²) in [5.74, 6) is -3.20. The van der Waals surface area contributed by atoms with E-state index < -0.39 is 36.8 Å². The zero-order valence-corrected chi connectivity index (χ0v) is 15.0. The third-order valence-electron chi connectivity index (χ3n) is 3.34. The van der Waals surface area contributed by atoms with E-state index in [1.54, 1.807) is 18.2 Å². The van der Waals surface area contributed by atoms with Crippen LogP contribution < -0.4 is 16.0 Å². The Morgan fingerprint density at radius 1 is 0.964 bits per heavy atom. The zero-order valence-electron chi connectivity index (χ0n) is 15.0. The van der Waals surface area contributed by atoms with Crippen LogP contribution in [0.2, 0.25) is 0 Å². The summed E-state index contributed by atoms with van der Waals surface area (Å²) < 4.78 is 18.2. The van der Waals surface area contributed by atoms with Gasteiger partial charge in [0.05, 0.1) is 5.56 Å². The number of carbonyl (C=O) groups excluding carboxylic acids is 4. The summed E-state index contributed by atoms with van der Waals surface area (Å²) in [6, 6.07) is 11.7. The molecule has 2 rings (SSSR count). The molecule has 2 aromatic carbocycles. The molecule has 0 saturated heterocycles. The maximum atomic E-state index is 13.5. The number of anilines is 2. The number of hydrogen-bond donors (Lipinski definition) is 3. The van der Waals surface area contributed by atoms with Gasteiger partial charge in [0.25, 0.3) is 11.8 Å². The largest absolute Gasteiger partial charge is 0.454 e. The summed E-state index contributed by atoms with van der Waals surface area (Å²) in [5, 5.41) is 7.29. The van der Waals surface area contributed by atoms with Crippen LogP contribution in [-0.2, 0) is 19.1 Å². The van der Waals surface area contributed by atoms with Crippen molar-refractivity contribution in [2.45, 2.75) is 6.92 Å². The fraction of sp³-hybridized carbons (Fsp3) is 0.158. The van der Waals surface area contributed by atoms with E-state index in [1.165, 1.54) is 31.2 Å². The molecule has 146 valence electrons. The Morgan fingerprint density at radius 3 is 2.32 bits per heavy atom. The smallest absolute Gasteiger partial charge is 0.325 e. The minimum atomic E-state index is -0.855. The van der Waals surface area contributed by atoms with Crippen LogP contribution in [0.15, 0.2) is 48.5 Å². The Hall–Kier alpha value is -3.75. The third kappa shape index (κ3) is 6.52. The van der Waals surface area contributed by atoms with Crippen LogP contribution in [0.1, 0.15) is 17.3 Å². The monoisotopic (exact) mass is 387 g/mol. The normalized spacial score (nSPS) is 9.93. The lowest BCUT2D eigenvalue weighted by Crippen LogP contribution is -2.32. The molecule has 3 N–H and O–H groups in total. The minimum absolute atomic E-state index is 0.202. The Morgan fingerprint density at radius 2 is 1.64 bits per heavy atom. The molecule has 0 saturated carbocycles. The molecular formula is C19H18FN3O5. The van der Waals surface area contributed by atoms with Crippen molar-refractivity contribution in [2.24, 2.45) is 0 Å². The topological polar surface area (TPSA) is 114 Å². The van der Waals surface area contributed by atoms with Crippen molar-refractivity contribution in [2.75, 3.05) is 23.8 Å². The van der Waals surface area contributed by atoms with Crippen molar-refractivity contribution < 1.29 is 28.3 Å². The van der Waals surface area contributed by atoms with E-state index in [0.717, 1.165) is 6.07 Å². The third-order valence-corrected chi connectivity index (χ3v) is 3.34. The number of ether oxygens (including phenoxy) is 1. The van der Waals surface area contributed by atoms with Crippen molar-refractivity contribution >= 4 is 35.1 Å². The summed E-state index contributed by atoms with van der Waals surface area (Å²) in [6.45, 7) is 0.271. The molecular weight excluding hydrogens is 369 g/mol. The van der Waals surface area contributed by atoms with Gasteiger partial charge in [-0.2, -0.15) is 0 Å². The zero-order chi connectivity index (χ0) is 20.5. The van der Waals surface area contributed by atoms with E-state index in [9.17, 15) is 23.6 Å². The molecule has 0 heterocycles. The number of benzene rings is 2. The molecule has 3 amide bonds. The predicted molar refractivity (Wildman–Crippen MR) is 99.1 cm³/mol. The quantitative estimate of drug-likeness (QED) is 0.626. The standard InChI is InChI=1S/C19H18FN3O5/c1-12(24)22-13-5-4-6-14(9-13)23-17(25)11-28-18(26)10-21-19(27)15-7-2-3-8-16(15)20/h2-9H,10-11H2,1H3,(H,21,27)(H,22,24)(H,23,25). The van der Waals surface area contributed by atoms with Crippen molar-refractivity contribution in [3.8, 4) is 0 Å². The molecule has 28 heavy (non-hydrogen) atoms. The fourth-order valence-corrected chi connectivity index (χ4v) is 2.17. The molecule has 0 aromatic heterocycles. The van der Waals surface area contributed by atoms with Gasteiger partial charge in [0.2, 0.25) is 5.91 Å². The van der Waals surface area contributed by atoms with Crippen molar-refractivity contribution in [3.63, 3.8) is 0 Å². The lowest BCUT2D eigenvalue weighted by molar-refractivity contribution is -0.146. The van der Waals surface area contributed by atoms with Gasteiger partial charge in [0.15, 0.2) is 6.61 Å². The molecule has 0 aliphatic heterocycles. The Kier molecular flexibility index (Phi) is 7.21. The molecule has 0 atom stereocenters. The summed E-state index contributed by atoms with van der Waals surface area (Å²) in [7, 11) is 0. The molecule has 0 spiro atoms. The summed E-state index contributed by atoms with van der Waals surface area (Å²) in [6.07, 6.45) is 0. The van der Waals surface area contributed by atoms with Crippen LogP contribution >= 0.6 is 0 Å². The number of nitrogens with one attached hydrogen (secondary N) is 3. The van der Waals surface area contributed by atoms with E-state index in [-0.39, 0.29) is 11.5 Å². The van der Waals surface area contributed by atoms with Crippen LogP contribution in [0, 0.1) is 5.82 Å². The molecule has 9 heteroatoms. The highest BCUT2D eigenvalue weighted by molar-refractivity contribution is 5.97. The molecule has 8 nitrogen and oxygen atoms in total. The molecule has 0 aliphatic rings. The van der Waals surface area contributed by atoms with Gasteiger partial charge in [-0.1, -0.05) is 18.2 Å². The molecule has 0 aliphatic carbocycles.